The van der Waals surface area contributed by atoms with Gasteiger partial charge in [0.1, 0.15) is 0 Å². The standard InChI is InChI=1S/C19H18Cl4N2O2/c1-2-25(11-17(26)24-19-14(21)4-3-5-15(19)22)18(27)9-7-12-6-8-13(20)10-16(12)23/h3-6,8,10H,2,7,9,11H2,1H3,(H,24,26). The van der Waals surface area contributed by atoms with Crippen LogP contribution < -0.4 is 5.32 Å². The molecule has 2 amide bonds. The number of para-hydroxylation sites is 1. The zero-order chi connectivity index (χ0) is 20.0. The second kappa shape index (κ2) is 10.2. The topological polar surface area (TPSA) is 49.4 Å². The lowest BCUT2D eigenvalue weighted by Gasteiger charge is -2.21. The number of anilines is 1. The van der Waals surface area contributed by atoms with Crippen LogP contribution >= 0.6 is 46.4 Å². The van der Waals surface area contributed by atoms with Gasteiger partial charge in [0, 0.05) is 23.0 Å². The lowest BCUT2D eigenvalue weighted by molar-refractivity contribution is -0.134. The molecule has 0 atom stereocenters. The van der Waals surface area contributed by atoms with Gasteiger partial charge in [0.15, 0.2) is 0 Å². The van der Waals surface area contributed by atoms with Gasteiger partial charge in [-0.05, 0) is 43.2 Å². The monoisotopic (exact) mass is 446 g/mol. The Morgan fingerprint density at radius 1 is 1.00 bits per heavy atom. The number of benzene rings is 2. The van der Waals surface area contributed by atoms with Crippen LogP contribution in [0.25, 0.3) is 0 Å². The van der Waals surface area contributed by atoms with E-state index < -0.39 is 0 Å². The second-order valence-corrected chi connectivity index (χ2v) is 7.45. The zero-order valence-corrected chi connectivity index (χ0v) is 17.6. The number of hydrogen-bond acceptors (Lipinski definition) is 2. The number of nitrogens with one attached hydrogen (secondary N) is 1. The van der Waals surface area contributed by atoms with Gasteiger partial charge in [0.2, 0.25) is 11.8 Å². The van der Waals surface area contributed by atoms with Crippen LogP contribution in [0.4, 0.5) is 5.69 Å². The first kappa shape index (κ1) is 21.8. The smallest absolute Gasteiger partial charge is 0.244 e. The molecule has 27 heavy (non-hydrogen) atoms. The van der Waals surface area contributed by atoms with Crippen LogP contribution in [0.2, 0.25) is 20.1 Å². The third kappa shape index (κ3) is 6.28. The summed E-state index contributed by atoms with van der Waals surface area (Å²) in [6, 6.07) is 10.1. The Balaban J connectivity index is 1.95. The fraction of sp³-hybridized carbons (Fsp3) is 0.263. The number of aryl methyl sites for hydroxylation is 1. The van der Waals surface area contributed by atoms with Gasteiger partial charge < -0.3 is 10.2 Å². The molecule has 0 heterocycles. The fourth-order valence-electron chi connectivity index (χ4n) is 2.47. The van der Waals surface area contributed by atoms with Crippen molar-refractivity contribution in [3.8, 4) is 0 Å². The molecule has 0 radical (unpaired) electrons. The summed E-state index contributed by atoms with van der Waals surface area (Å²) in [6.07, 6.45) is 0.693. The number of amides is 2. The molecule has 2 rings (SSSR count). The summed E-state index contributed by atoms with van der Waals surface area (Å²) in [5.41, 5.74) is 1.17. The number of likely N-dealkylation sites (N-methyl/N-ethyl adjacent to an activating group) is 1. The van der Waals surface area contributed by atoms with Crippen LogP contribution in [-0.2, 0) is 16.0 Å². The summed E-state index contributed by atoms with van der Waals surface area (Å²) in [5.74, 6) is -0.520. The molecule has 2 aromatic rings. The lowest BCUT2D eigenvalue weighted by atomic mass is 10.1. The highest BCUT2D eigenvalue weighted by Gasteiger charge is 2.17. The van der Waals surface area contributed by atoms with E-state index in [1.54, 1.807) is 36.4 Å². The maximum Gasteiger partial charge on any atom is 0.244 e. The van der Waals surface area contributed by atoms with Crippen molar-refractivity contribution in [3.05, 3.63) is 62.1 Å². The van der Waals surface area contributed by atoms with E-state index in [0.29, 0.717) is 38.7 Å². The number of carbonyl (C=O) groups is 2. The SMILES string of the molecule is CCN(CC(=O)Nc1c(Cl)cccc1Cl)C(=O)CCc1ccc(Cl)cc1Cl. The molecule has 144 valence electrons. The highest BCUT2D eigenvalue weighted by atomic mass is 35.5. The summed E-state index contributed by atoms with van der Waals surface area (Å²) in [4.78, 5) is 26.2. The molecule has 0 saturated heterocycles. The van der Waals surface area contributed by atoms with Crippen LogP contribution in [-0.4, -0.2) is 29.8 Å². The molecule has 0 unspecified atom stereocenters. The van der Waals surface area contributed by atoms with Gasteiger partial charge in [-0.15, -0.1) is 0 Å². The number of carbonyl (C=O) groups excluding carboxylic acids is 2. The first-order valence-electron chi connectivity index (χ1n) is 8.27. The molecular formula is C19H18Cl4N2O2. The van der Waals surface area contributed by atoms with Gasteiger partial charge in [-0.1, -0.05) is 58.5 Å². The van der Waals surface area contributed by atoms with Crippen molar-refractivity contribution in [2.24, 2.45) is 0 Å². The van der Waals surface area contributed by atoms with Gasteiger partial charge in [0.25, 0.3) is 0 Å². The molecule has 8 heteroatoms. The van der Waals surface area contributed by atoms with Crippen molar-refractivity contribution in [2.75, 3.05) is 18.4 Å². The Hall–Kier alpha value is -1.46. The zero-order valence-electron chi connectivity index (χ0n) is 14.6. The van der Waals surface area contributed by atoms with Crippen molar-refractivity contribution in [2.45, 2.75) is 19.8 Å². The average Bonchev–Trinajstić information content (AvgIpc) is 2.62. The van der Waals surface area contributed by atoms with E-state index in [1.165, 1.54) is 4.90 Å². The lowest BCUT2D eigenvalue weighted by Crippen LogP contribution is -2.38. The maximum atomic E-state index is 12.5. The third-order valence-corrected chi connectivity index (χ3v) is 5.14. The van der Waals surface area contributed by atoms with Gasteiger partial charge in [-0.25, -0.2) is 0 Å². The van der Waals surface area contributed by atoms with Crippen molar-refractivity contribution in [1.82, 2.24) is 4.90 Å². The van der Waals surface area contributed by atoms with Crippen LogP contribution in [0.1, 0.15) is 18.9 Å². The number of hydrogen-bond donors (Lipinski definition) is 1. The quantitative estimate of drug-likeness (QED) is 0.589. The van der Waals surface area contributed by atoms with Crippen molar-refractivity contribution in [1.29, 1.82) is 0 Å². The average molecular weight is 448 g/mol. The first-order valence-corrected chi connectivity index (χ1v) is 9.78. The Kier molecular flexibility index (Phi) is 8.24. The summed E-state index contributed by atoms with van der Waals surface area (Å²) in [5, 5.41) is 4.39. The Bertz CT molecular complexity index is 822. The summed E-state index contributed by atoms with van der Waals surface area (Å²) < 4.78 is 0. The Morgan fingerprint density at radius 3 is 2.26 bits per heavy atom. The van der Waals surface area contributed by atoms with E-state index in [1.807, 2.05) is 6.92 Å². The Morgan fingerprint density at radius 2 is 1.67 bits per heavy atom. The molecule has 0 aliphatic rings. The van der Waals surface area contributed by atoms with Crippen molar-refractivity contribution < 1.29 is 9.59 Å². The summed E-state index contributed by atoms with van der Waals surface area (Å²) >= 11 is 24.1. The Labute approximate surface area is 178 Å². The van der Waals surface area contributed by atoms with Crippen LogP contribution in [0, 0.1) is 0 Å². The van der Waals surface area contributed by atoms with Crippen LogP contribution in [0.15, 0.2) is 36.4 Å². The second-order valence-electron chi connectivity index (χ2n) is 5.79. The van der Waals surface area contributed by atoms with E-state index in [-0.39, 0.29) is 24.8 Å². The predicted octanol–water partition coefficient (Wildman–Crippen LogP) is 5.72. The number of halogens is 4. The molecule has 0 spiro atoms. The summed E-state index contributed by atoms with van der Waals surface area (Å²) in [6.45, 7) is 2.12. The molecule has 4 nitrogen and oxygen atoms in total. The molecule has 0 bridgehead atoms. The molecule has 0 aromatic heterocycles. The van der Waals surface area contributed by atoms with E-state index in [9.17, 15) is 9.59 Å². The fourth-order valence-corrected chi connectivity index (χ4v) is 3.46. The highest BCUT2D eigenvalue weighted by molar-refractivity contribution is 6.39. The highest BCUT2D eigenvalue weighted by Crippen LogP contribution is 2.29. The largest absolute Gasteiger partial charge is 0.334 e. The first-order chi connectivity index (χ1) is 12.8. The molecular weight excluding hydrogens is 430 g/mol. The van der Waals surface area contributed by atoms with E-state index in [0.717, 1.165) is 5.56 Å². The normalized spacial score (nSPS) is 10.6. The van der Waals surface area contributed by atoms with Gasteiger partial charge in [-0.3, -0.25) is 9.59 Å². The van der Waals surface area contributed by atoms with Crippen molar-refractivity contribution in [3.63, 3.8) is 0 Å². The van der Waals surface area contributed by atoms with Crippen molar-refractivity contribution >= 4 is 63.9 Å². The van der Waals surface area contributed by atoms with Gasteiger partial charge >= 0.3 is 0 Å². The summed E-state index contributed by atoms with van der Waals surface area (Å²) in [7, 11) is 0. The van der Waals surface area contributed by atoms with Crippen LogP contribution in [0.3, 0.4) is 0 Å². The van der Waals surface area contributed by atoms with E-state index in [2.05, 4.69) is 5.32 Å². The molecule has 0 fully saturated rings. The maximum absolute atomic E-state index is 12.5. The van der Waals surface area contributed by atoms with Crippen LogP contribution in [0.5, 0.6) is 0 Å². The molecule has 2 aromatic carbocycles. The number of nitrogens with zero attached hydrogens (tertiary/aromatic N) is 1. The third-order valence-electron chi connectivity index (χ3n) is 3.92. The minimum Gasteiger partial charge on any atom is -0.334 e. The van der Waals surface area contributed by atoms with Gasteiger partial charge in [0.05, 0.1) is 22.3 Å². The van der Waals surface area contributed by atoms with E-state index in [4.69, 9.17) is 46.4 Å². The molecule has 0 aliphatic heterocycles. The van der Waals surface area contributed by atoms with E-state index >= 15 is 0 Å². The van der Waals surface area contributed by atoms with Gasteiger partial charge in [-0.2, -0.15) is 0 Å². The molecule has 0 saturated carbocycles. The molecule has 1 N–H and O–H groups in total. The minimum absolute atomic E-state index is 0.0920. The molecule has 0 aliphatic carbocycles. The number of rotatable bonds is 7. The minimum atomic E-state index is -0.371. The predicted molar refractivity (Wildman–Crippen MR) is 112 cm³/mol.